The molecule has 1 aliphatic heterocycles. The van der Waals surface area contributed by atoms with Crippen LogP contribution in [0, 0.1) is 5.92 Å². The minimum Gasteiger partial charge on any atom is -0.375 e. The summed E-state index contributed by atoms with van der Waals surface area (Å²) in [5.41, 5.74) is 1.20. The summed E-state index contributed by atoms with van der Waals surface area (Å²) in [7, 11) is 0. The normalized spacial score (nSPS) is 31.3. The molecule has 0 radical (unpaired) electrons. The van der Waals surface area contributed by atoms with Crippen molar-refractivity contribution in [2.45, 2.75) is 69.8 Å². The Morgan fingerprint density at radius 1 is 1.22 bits per heavy atom. The molecule has 3 rings (SSSR count). The van der Waals surface area contributed by atoms with E-state index in [4.69, 9.17) is 4.74 Å². The van der Waals surface area contributed by atoms with E-state index in [1.165, 1.54) is 38.5 Å². The van der Waals surface area contributed by atoms with Crippen LogP contribution in [0.15, 0.2) is 11.6 Å². The van der Waals surface area contributed by atoms with E-state index in [1.54, 1.807) is 0 Å². The summed E-state index contributed by atoms with van der Waals surface area (Å²) < 4.78 is 6.02. The zero-order valence-corrected chi connectivity index (χ0v) is 11.2. The molecule has 2 fully saturated rings. The average molecular weight is 248 g/mol. The molecule has 3 aliphatic rings. The molecule has 2 nitrogen and oxygen atoms in total. The van der Waals surface area contributed by atoms with Crippen molar-refractivity contribution >= 4 is 5.78 Å². The van der Waals surface area contributed by atoms with Gasteiger partial charge >= 0.3 is 0 Å². The van der Waals surface area contributed by atoms with Gasteiger partial charge in [-0.1, -0.05) is 18.9 Å². The lowest BCUT2D eigenvalue weighted by Crippen LogP contribution is -2.40. The molecule has 0 amide bonds. The van der Waals surface area contributed by atoms with Crippen LogP contribution in [0.4, 0.5) is 0 Å². The fourth-order valence-electron chi connectivity index (χ4n) is 3.94. The zero-order valence-electron chi connectivity index (χ0n) is 11.2. The number of ketones is 1. The van der Waals surface area contributed by atoms with Gasteiger partial charge in [0.25, 0.3) is 0 Å². The van der Waals surface area contributed by atoms with Crippen molar-refractivity contribution in [1.29, 1.82) is 0 Å². The summed E-state index contributed by atoms with van der Waals surface area (Å²) in [6, 6.07) is 0. The molecule has 0 aromatic heterocycles. The maximum atomic E-state index is 12.6. The maximum Gasteiger partial charge on any atom is 0.161 e. The summed E-state index contributed by atoms with van der Waals surface area (Å²) in [6.07, 6.45) is 13.6. The Balaban J connectivity index is 1.68. The number of hydrogen-bond acceptors (Lipinski definition) is 2. The van der Waals surface area contributed by atoms with E-state index in [9.17, 15) is 4.79 Å². The molecule has 100 valence electrons. The van der Waals surface area contributed by atoms with Crippen molar-refractivity contribution in [1.82, 2.24) is 0 Å². The molecule has 1 atom stereocenters. The van der Waals surface area contributed by atoms with Crippen LogP contribution in [0.2, 0.25) is 0 Å². The number of ether oxygens (including phenoxy) is 1. The highest BCUT2D eigenvalue weighted by molar-refractivity contribution is 5.97. The van der Waals surface area contributed by atoms with Crippen LogP contribution in [0.3, 0.4) is 0 Å². The van der Waals surface area contributed by atoms with E-state index in [2.05, 4.69) is 6.08 Å². The van der Waals surface area contributed by atoms with Crippen molar-refractivity contribution in [3.05, 3.63) is 11.6 Å². The van der Waals surface area contributed by atoms with Crippen molar-refractivity contribution < 1.29 is 9.53 Å². The van der Waals surface area contributed by atoms with Gasteiger partial charge in [-0.15, -0.1) is 0 Å². The van der Waals surface area contributed by atoms with Crippen molar-refractivity contribution in [3.8, 4) is 0 Å². The van der Waals surface area contributed by atoms with Gasteiger partial charge in [0.05, 0.1) is 5.60 Å². The van der Waals surface area contributed by atoms with Gasteiger partial charge in [0.2, 0.25) is 0 Å². The predicted molar refractivity (Wildman–Crippen MR) is 71.4 cm³/mol. The van der Waals surface area contributed by atoms with E-state index < -0.39 is 0 Å². The van der Waals surface area contributed by atoms with Gasteiger partial charge < -0.3 is 4.74 Å². The van der Waals surface area contributed by atoms with Crippen molar-refractivity contribution in [2.75, 3.05) is 6.61 Å². The topological polar surface area (TPSA) is 26.3 Å². The summed E-state index contributed by atoms with van der Waals surface area (Å²) in [5.74, 6) is 0.700. The molecule has 1 unspecified atom stereocenters. The molecule has 1 heterocycles. The molecular formula is C16H24O2. The average Bonchev–Trinajstić information content (AvgIpc) is 2.87. The SMILES string of the molecule is O=C(C1=CCCCC1)C1CCOC2(CCCC2)C1. The summed E-state index contributed by atoms with van der Waals surface area (Å²) in [6.45, 7) is 0.795. The fraction of sp³-hybridized carbons (Fsp3) is 0.812. The van der Waals surface area contributed by atoms with Gasteiger partial charge in [-0.25, -0.2) is 0 Å². The maximum absolute atomic E-state index is 12.6. The number of hydrogen-bond donors (Lipinski definition) is 0. The number of allylic oxidation sites excluding steroid dienone is 2. The summed E-state index contributed by atoms with van der Waals surface area (Å²) in [5, 5.41) is 0. The van der Waals surface area contributed by atoms with Gasteiger partial charge in [-0.2, -0.15) is 0 Å². The molecule has 1 saturated carbocycles. The van der Waals surface area contributed by atoms with Crippen LogP contribution in [0.1, 0.15) is 64.2 Å². The highest BCUT2D eigenvalue weighted by Gasteiger charge is 2.42. The van der Waals surface area contributed by atoms with Gasteiger partial charge in [0.15, 0.2) is 5.78 Å². The lowest BCUT2D eigenvalue weighted by atomic mass is 9.79. The molecule has 0 N–H and O–H groups in total. The first kappa shape index (κ1) is 12.4. The first-order valence-electron chi connectivity index (χ1n) is 7.66. The van der Waals surface area contributed by atoms with Crippen LogP contribution in [-0.2, 0) is 9.53 Å². The predicted octanol–water partition coefficient (Wildman–Crippen LogP) is 3.80. The van der Waals surface area contributed by atoms with Gasteiger partial charge in [0, 0.05) is 12.5 Å². The Bertz CT molecular complexity index is 350. The summed E-state index contributed by atoms with van der Waals surface area (Å²) >= 11 is 0. The van der Waals surface area contributed by atoms with Crippen LogP contribution >= 0.6 is 0 Å². The first-order chi connectivity index (χ1) is 8.79. The highest BCUT2D eigenvalue weighted by atomic mass is 16.5. The molecule has 18 heavy (non-hydrogen) atoms. The minimum atomic E-state index is 0.0772. The number of rotatable bonds is 2. The zero-order chi connectivity index (χ0) is 12.4. The fourth-order valence-corrected chi connectivity index (χ4v) is 3.94. The molecule has 0 bridgehead atoms. The lowest BCUT2D eigenvalue weighted by Gasteiger charge is -2.38. The number of carbonyl (C=O) groups excluding carboxylic acids is 1. The number of carbonyl (C=O) groups is 1. The van der Waals surface area contributed by atoms with Crippen LogP contribution in [-0.4, -0.2) is 18.0 Å². The molecular weight excluding hydrogens is 224 g/mol. The van der Waals surface area contributed by atoms with E-state index >= 15 is 0 Å². The van der Waals surface area contributed by atoms with Gasteiger partial charge in [-0.3, -0.25) is 4.79 Å². The molecule has 0 aromatic carbocycles. The Morgan fingerprint density at radius 3 is 2.78 bits per heavy atom. The standard InChI is InChI=1S/C16H24O2/c17-15(13-6-2-1-3-7-13)14-8-11-18-16(12-14)9-4-5-10-16/h6,14H,1-5,7-12H2. The second-order valence-corrected chi connectivity index (χ2v) is 6.27. The third-order valence-corrected chi connectivity index (χ3v) is 4.99. The van der Waals surface area contributed by atoms with E-state index in [1.807, 2.05) is 0 Å². The third kappa shape index (κ3) is 2.40. The molecule has 2 aliphatic carbocycles. The third-order valence-electron chi connectivity index (χ3n) is 4.99. The minimum absolute atomic E-state index is 0.0772. The monoisotopic (exact) mass is 248 g/mol. The molecule has 2 heteroatoms. The molecule has 1 spiro atoms. The highest BCUT2D eigenvalue weighted by Crippen LogP contribution is 2.43. The Kier molecular flexibility index (Phi) is 3.56. The molecule has 1 saturated heterocycles. The van der Waals surface area contributed by atoms with E-state index in [-0.39, 0.29) is 11.5 Å². The quantitative estimate of drug-likeness (QED) is 0.743. The summed E-state index contributed by atoms with van der Waals surface area (Å²) in [4.78, 5) is 12.6. The largest absolute Gasteiger partial charge is 0.375 e. The molecule has 0 aromatic rings. The van der Waals surface area contributed by atoms with Gasteiger partial charge in [-0.05, 0) is 56.9 Å². The Labute approximate surface area is 110 Å². The smallest absolute Gasteiger partial charge is 0.161 e. The van der Waals surface area contributed by atoms with Crippen LogP contribution < -0.4 is 0 Å². The van der Waals surface area contributed by atoms with Crippen molar-refractivity contribution in [3.63, 3.8) is 0 Å². The number of Topliss-reactive ketones (excluding diaryl/α,β-unsaturated/α-hetero) is 1. The van der Waals surface area contributed by atoms with Crippen LogP contribution in [0.5, 0.6) is 0 Å². The second kappa shape index (κ2) is 5.16. The van der Waals surface area contributed by atoms with Crippen LogP contribution in [0.25, 0.3) is 0 Å². The Morgan fingerprint density at radius 2 is 2.06 bits per heavy atom. The lowest BCUT2D eigenvalue weighted by molar-refractivity contribution is -0.133. The van der Waals surface area contributed by atoms with Crippen molar-refractivity contribution in [2.24, 2.45) is 5.92 Å². The van der Waals surface area contributed by atoms with Gasteiger partial charge in [0.1, 0.15) is 0 Å². The first-order valence-corrected chi connectivity index (χ1v) is 7.66. The second-order valence-electron chi connectivity index (χ2n) is 6.27. The van der Waals surface area contributed by atoms with E-state index in [0.29, 0.717) is 5.78 Å². The Hall–Kier alpha value is -0.630. The van der Waals surface area contributed by atoms with E-state index in [0.717, 1.165) is 37.9 Å².